The fourth-order valence-electron chi connectivity index (χ4n) is 2.66. The van der Waals surface area contributed by atoms with Crippen molar-refractivity contribution in [2.75, 3.05) is 0 Å². The molecule has 0 saturated heterocycles. The zero-order valence-corrected chi connectivity index (χ0v) is 15.1. The van der Waals surface area contributed by atoms with Gasteiger partial charge in [-0.15, -0.1) is 0 Å². The summed E-state index contributed by atoms with van der Waals surface area (Å²) < 4.78 is 0. The minimum atomic E-state index is -0.473. The number of aryl methyl sites for hydroxylation is 2. The molecular weight excluding hydrogens is 340 g/mol. The molecule has 27 heavy (non-hydrogen) atoms. The fourth-order valence-corrected chi connectivity index (χ4v) is 2.66. The minimum absolute atomic E-state index is 0.202. The molecule has 1 aromatic heterocycles. The Morgan fingerprint density at radius 2 is 1.41 bits per heavy atom. The molecule has 3 N–H and O–H groups in total. The van der Waals surface area contributed by atoms with Crippen molar-refractivity contribution >= 4 is 24.3 Å². The first-order valence-electron chi connectivity index (χ1n) is 8.49. The Balaban J connectivity index is 1.89. The number of hydrogen-bond acceptors (Lipinski definition) is 4. The Bertz CT molecular complexity index is 1010. The van der Waals surface area contributed by atoms with Crippen molar-refractivity contribution in [1.29, 1.82) is 0 Å². The molecule has 0 aliphatic rings. The summed E-state index contributed by atoms with van der Waals surface area (Å²) >= 11 is 0. The largest absolute Gasteiger partial charge is 0.507 e. The quantitative estimate of drug-likeness (QED) is 0.653. The van der Waals surface area contributed by atoms with Gasteiger partial charge in [0.25, 0.3) is 0 Å². The number of H-pyrrole nitrogens is 1. The lowest BCUT2D eigenvalue weighted by atomic mass is 10.1. The molecule has 0 amide bonds. The molecular formula is C22H20N2O3. The molecule has 0 aliphatic heterocycles. The van der Waals surface area contributed by atoms with Crippen molar-refractivity contribution in [3.8, 4) is 11.5 Å². The number of hydrogen-bond donors (Lipinski definition) is 3. The molecule has 0 atom stereocenters. The number of phenols is 2. The number of aromatic nitrogens is 2. The normalized spacial score (nSPS) is 11.5. The second-order valence-corrected chi connectivity index (χ2v) is 6.26. The van der Waals surface area contributed by atoms with Crippen LogP contribution in [0.25, 0.3) is 24.3 Å². The lowest BCUT2D eigenvalue weighted by Gasteiger charge is -2.03. The minimum Gasteiger partial charge on any atom is -0.507 e. The van der Waals surface area contributed by atoms with Crippen molar-refractivity contribution in [3.05, 3.63) is 86.6 Å². The molecule has 5 heteroatoms. The molecule has 3 rings (SSSR count). The monoisotopic (exact) mass is 360 g/mol. The van der Waals surface area contributed by atoms with Gasteiger partial charge in [0.15, 0.2) is 0 Å². The number of aromatic hydroxyl groups is 2. The first-order valence-corrected chi connectivity index (χ1v) is 8.49. The third kappa shape index (κ3) is 4.33. The van der Waals surface area contributed by atoms with E-state index in [-0.39, 0.29) is 11.5 Å². The van der Waals surface area contributed by atoms with Gasteiger partial charge < -0.3 is 15.2 Å². The number of nitrogens with zero attached hydrogens (tertiary/aromatic N) is 1. The van der Waals surface area contributed by atoms with Crippen LogP contribution in [0.4, 0.5) is 0 Å². The Morgan fingerprint density at radius 3 is 2.00 bits per heavy atom. The van der Waals surface area contributed by atoms with E-state index < -0.39 is 5.69 Å². The molecule has 0 unspecified atom stereocenters. The summed E-state index contributed by atoms with van der Waals surface area (Å²) in [6.07, 6.45) is 6.82. The van der Waals surface area contributed by atoms with Crippen LogP contribution in [0.1, 0.15) is 33.6 Å². The van der Waals surface area contributed by atoms with E-state index in [2.05, 4.69) is 9.97 Å². The highest BCUT2D eigenvalue weighted by Gasteiger charge is 2.02. The second kappa shape index (κ2) is 7.74. The smallest absolute Gasteiger partial charge is 0.345 e. The molecule has 0 spiro atoms. The van der Waals surface area contributed by atoms with E-state index >= 15 is 0 Å². The zero-order chi connectivity index (χ0) is 19.4. The first kappa shape index (κ1) is 18.2. The lowest BCUT2D eigenvalue weighted by Crippen LogP contribution is -2.12. The molecule has 0 fully saturated rings. The molecule has 0 radical (unpaired) electrons. The van der Waals surface area contributed by atoms with Gasteiger partial charge in [-0.2, -0.15) is 4.98 Å². The standard InChI is InChI=1S/C22H20N2O3/c1-14-5-3-7-16(20(14)25)9-11-18-13-19(24-22(27)23-18)12-10-17-8-4-6-15(2)21(17)26/h3-13,25-26H,1-2H3,(H,23,24,27)/b11-9+,12-10?. The van der Waals surface area contributed by atoms with E-state index in [1.54, 1.807) is 42.5 Å². The van der Waals surface area contributed by atoms with Crippen molar-refractivity contribution in [3.63, 3.8) is 0 Å². The summed E-state index contributed by atoms with van der Waals surface area (Å²) in [5, 5.41) is 20.1. The van der Waals surface area contributed by atoms with Crippen LogP contribution in [-0.4, -0.2) is 20.2 Å². The van der Waals surface area contributed by atoms with Gasteiger partial charge in [0, 0.05) is 16.8 Å². The summed E-state index contributed by atoms with van der Waals surface area (Å²) in [5.74, 6) is 0.411. The topological polar surface area (TPSA) is 86.2 Å². The number of para-hydroxylation sites is 2. The van der Waals surface area contributed by atoms with E-state index in [9.17, 15) is 15.0 Å². The van der Waals surface area contributed by atoms with E-state index in [4.69, 9.17) is 0 Å². The van der Waals surface area contributed by atoms with Gasteiger partial charge in [0.1, 0.15) is 11.5 Å². The van der Waals surface area contributed by atoms with Crippen LogP contribution in [0, 0.1) is 13.8 Å². The molecule has 5 nitrogen and oxygen atoms in total. The molecule has 2 aromatic carbocycles. The summed E-state index contributed by atoms with van der Waals surface area (Å²) in [6, 6.07) is 12.6. The molecule has 0 aliphatic carbocycles. The number of aromatic amines is 1. The maximum absolute atomic E-state index is 11.8. The predicted octanol–water partition coefficient (Wildman–Crippen LogP) is 4.14. The zero-order valence-electron chi connectivity index (χ0n) is 15.1. The summed E-state index contributed by atoms with van der Waals surface area (Å²) in [6.45, 7) is 3.65. The van der Waals surface area contributed by atoms with Crippen LogP contribution in [0.3, 0.4) is 0 Å². The molecule has 136 valence electrons. The van der Waals surface area contributed by atoms with Gasteiger partial charge in [-0.05, 0) is 55.3 Å². The Hall–Kier alpha value is -3.60. The summed E-state index contributed by atoms with van der Waals surface area (Å²) in [4.78, 5) is 18.4. The Morgan fingerprint density at radius 1 is 0.852 bits per heavy atom. The number of nitrogens with one attached hydrogen (secondary N) is 1. The Labute approximate surface area is 157 Å². The van der Waals surface area contributed by atoms with Gasteiger partial charge in [-0.1, -0.05) is 36.4 Å². The highest BCUT2D eigenvalue weighted by atomic mass is 16.3. The van der Waals surface area contributed by atoms with Gasteiger partial charge in [0.05, 0.1) is 5.69 Å². The SMILES string of the molecule is Cc1cccc(C=Cc2cc(/C=C/c3cccc(C)c3O)[nH]c(=O)n2)c1O. The van der Waals surface area contributed by atoms with Crippen LogP contribution in [0.15, 0.2) is 47.3 Å². The third-order valence-electron chi connectivity index (χ3n) is 4.20. The second-order valence-electron chi connectivity index (χ2n) is 6.26. The number of rotatable bonds is 4. The average molecular weight is 360 g/mol. The summed E-state index contributed by atoms with van der Waals surface area (Å²) in [7, 11) is 0. The van der Waals surface area contributed by atoms with Crippen molar-refractivity contribution < 1.29 is 10.2 Å². The maximum Gasteiger partial charge on any atom is 0.345 e. The van der Waals surface area contributed by atoms with Crippen molar-refractivity contribution in [2.45, 2.75) is 13.8 Å². The lowest BCUT2D eigenvalue weighted by molar-refractivity contribution is 0.469. The molecule has 1 heterocycles. The van der Waals surface area contributed by atoms with Crippen molar-refractivity contribution in [1.82, 2.24) is 9.97 Å². The molecule has 0 bridgehead atoms. The summed E-state index contributed by atoms with van der Waals surface area (Å²) in [5.41, 5.74) is 3.42. The highest BCUT2D eigenvalue weighted by Crippen LogP contribution is 2.24. The maximum atomic E-state index is 11.8. The van der Waals surface area contributed by atoms with Gasteiger partial charge >= 0.3 is 5.69 Å². The van der Waals surface area contributed by atoms with Crippen LogP contribution in [-0.2, 0) is 0 Å². The third-order valence-corrected chi connectivity index (χ3v) is 4.20. The van der Waals surface area contributed by atoms with E-state index in [0.717, 1.165) is 11.1 Å². The van der Waals surface area contributed by atoms with Gasteiger partial charge in [-0.25, -0.2) is 4.79 Å². The molecule has 3 aromatic rings. The van der Waals surface area contributed by atoms with E-state index in [1.165, 1.54) is 0 Å². The fraction of sp³-hybridized carbons (Fsp3) is 0.0909. The first-order chi connectivity index (χ1) is 12.9. The highest BCUT2D eigenvalue weighted by molar-refractivity contribution is 5.75. The molecule has 0 saturated carbocycles. The van der Waals surface area contributed by atoms with Crippen molar-refractivity contribution in [2.24, 2.45) is 0 Å². The van der Waals surface area contributed by atoms with Gasteiger partial charge in [-0.3, -0.25) is 0 Å². The van der Waals surface area contributed by atoms with E-state index in [1.807, 2.05) is 38.1 Å². The number of phenolic OH excluding ortho intramolecular Hbond substituents is 2. The van der Waals surface area contributed by atoms with E-state index in [0.29, 0.717) is 22.5 Å². The number of benzene rings is 2. The van der Waals surface area contributed by atoms with Gasteiger partial charge in [0.2, 0.25) is 0 Å². The predicted molar refractivity (Wildman–Crippen MR) is 108 cm³/mol. The van der Waals surface area contributed by atoms with Crippen LogP contribution >= 0.6 is 0 Å². The average Bonchev–Trinajstić information content (AvgIpc) is 2.64. The van der Waals surface area contributed by atoms with Crippen LogP contribution in [0.2, 0.25) is 0 Å². The van der Waals surface area contributed by atoms with Crippen LogP contribution < -0.4 is 5.69 Å². The Kier molecular flexibility index (Phi) is 5.22. The van der Waals surface area contributed by atoms with Crippen LogP contribution in [0.5, 0.6) is 11.5 Å².